The SMILES string of the molecule is COc1ccc(-c2cc(=O)n(-c3ccc(C(F)(F)F)cc3[N+](=O)[O-])o2)cc1. The fraction of sp³-hybridized carbons (Fsp3) is 0.118. The highest BCUT2D eigenvalue weighted by Gasteiger charge is 2.33. The summed E-state index contributed by atoms with van der Waals surface area (Å²) in [6.45, 7) is 0. The van der Waals surface area contributed by atoms with E-state index in [0.717, 1.165) is 12.1 Å². The number of rotatable bonds is 4. The molecule has 0 saturated carbocycles. The summed E-state index contributed by atoms with van der Waals surface area (Å²) in [5.74, 6) is 0.663. The molecule has 0 N–H and O–H groups in total. The molecule has 0 aliphatic rings. The molecule has 2 aromatic carbocycles. The van der Waals surface area contributed by atoms with Crippen LogP contribution in [0.15, 0.2) is 57.8 Å². The van der Waals surface area contributed by atoms with Crippen molar-refractivity contribution in [3.8, 4) is 22.8 Å². The molecule has 10 heteroatoms. The molecule has 27 heavy (non-hydrogen) atoms. The number of nitrogens with zero attached hydrogens (tertiary/aromatic N) is 2. The number of hydrogen-bond donors (Lipinski definition) is 0. The van der Waals surface area contributed by atoms with Crippen LogP contribution < -0.4 is 10.3 Å². The largest absolute Gasteiger partial charge is 0.497 e. The lowest BCUT2D eigenvalue weighted by molar-refractivity contribution is -0.385. The van der Waals surface area contributed by atoms with Crippen LogP contribution in [0, 0.1) is 10.1 Å². The maximum atomic E-state index is 12.8. The van der Waals surface area contributed by atoms with Gasteiger partial charge in [0.15, 0.2) is 11.4 Å². The molecule has 0 amide bonds. The van der Waals surface area contributed by atoms with Crippen LogP contribution in [0.3, 0.4) is 0 Å². The Kier molecular flexibility index (Phi) is 4.48. The summed E-state index contributed by atoms with van der Waals surface area (Å²) < 4.78 is 49.4. The smallest absolute Gasteiger partial charge is 0.416 e. The lowest BCUT2D eigenvalue weighted by Gasteiger charge is -2.08. The van der Waals surface area contributed by atoms with Crippen LogP contribution in [0.1, 0.15) is 5.56 Å². The van der Waals surface area contributed by atoms with E-state index < -0.39 is 33.6 Å². The van der Waals surface area contributed by atoms with Crippen LogP contribution in [0.4, 0.5) is 18.9 Å². The van der Waals surface area contributed by atoms with Gasteiger partial charge in [0.1, 0.15) is 5.75 Å². The molecule has 1 heterocycles. The minimum Gasteiger partial charge on any atom is -0.497 e. The zero-order valence-electron chi connectivity index (χ0n) is 13.7. The third kappa shape index (κ3) is 3.54. The molecule has 1 aromatic heterocycles. The Labute approximate surface area is 149 Å². The van der Waals surface area contributed by atoms with Crippen LogP contribution in [-0.2, 0) is 6.18 Å². The molecule has 0 spiro atoms. The van der Waals surface area contributed by atoms with Gasteiger partial charge in [-0.25, -0.2) is 0 Å². The Morgan fingerprint density at radius 2 is 1.78 bits per heavy atom. The summed E-state index contributed by atoms with van der Waals surface area (Å²) in [5.41, 5.74) is -2.78. The lowest BCUT2D eigenvalue weighted by atomic mass is 10.1. The van der Waals surface area contributed by atoms with Crippen LogP contribution in [0.2, 0.25) is 0 Å². The summed E-state index contributed by atoms with van der Waals surface area (Å²) in [6, 6.07) is 9.35. The van der Waals surface area contributed by atoms with Gasteiger partial charge in [0, 0.05) is 11.6 Å². The summed E-state index contributed by atoms with van der Waals surface area (Å²) in [4.78, 5) is 22.4. The fourth-order valence-electron chi connectivity index (χ4n) is 2.42. The molecule has 0 fully saturated rings. The average molecular weight is 380 g/mol. The molecule has 0 aliphatic carbocycles. The zero-order valence-corrected chi connectivity index (χ0v) is 13.7. The predicted molar refractivity (Wildman–Crippen MR) is 87.9 cm³/mol. The molecule has 0 bridgehead atoms. The van der Waals surface area contributed by atoms with E-state index in [1.165, 1.54) is 7.11 Å². The molecule has 3 aromatic rings. The summed E-state index contributed by atoms with van der Waals surface area (Å²) in [7, 11) is 1.48. The molecular weight excluding hydrogens is 369 g/mol. The maximum absolute atomic E-state index is 12.8. The quantitative estimate of drug-likeness (QED) is 0.504. The third-order valence-electron chi connectivity index (χ3n) is 3.74. The molecule has 0 saturated heterocycles. The van der Waals surface area contributed by atoms with Gasteiger partial charge in [0.25, 0.3) is 11.2 Å². The van der Waals surface area contributed by atoms with Crippen molar-refractivity contribution in [3.63, 3.8) is 0 Å². The first-order valence-electron chi connectivity index (χ1n) is 7.44. The van der Waals surface area contributed by atoms with Crippen molar-refractivity contribution in [3.05, 3.63) is 74.6 Å². The second-order valence-electron chi connectivity index (χ2n) is 5.42. The maximum Gasteiger partial charge on any atom is 0.416 e. The number of ether oxygens (including phenoxy) is 1. The minimum absolute atomic E-state index is 0.0943. The fourth-order valence-corrected chi connectivity index (χ4v) is 2.42. The molecule has 0 radical (unpaired) electrons. The molecule has 0 aliphatic heterocycles. The van der Waals surface area contributed by atoms with Gasteiger partial charge in [-0.15, -0.1) is 4.74 Å². The van der Waals surface area contributed by atoms with E-state index in [1.54, 1.807) is 24.3 Å². The average Bonchev–Trinajstić information content (AvgIpc) is 3.02. The number of nitro benzene ring substituents is 1. The molecular formula is C17H11F3N2O5. The van der Waals surface area contributed by atoms with Crippen LogP contribution in [-0.4, -0.2) is 16.8 Å². The van der Waals surface area contributed by atoms with E-state index in [0.29, 0.717) is 28.2 Å². The molecule has 0 atom stereocenters. The minimum atomic E-state index is -4.76. The van der Waals surface area contributed by atoms with E-state index in [1.807, 2.05) is 0 Å². The van der Waals surface area contributed by atoms with Gasteiger partial charge in [-0.3, -0.25) is 14.9 Å². The Hall–Kier alpha value is -3.56. The Bertz CT molecular complexity index is 1050. The van der Waals surface area contributed by atoms with Gasteiger partial charge in [0.05, 0.1) is 23.7 Å². The van der Waals surface area contributed by atoms with E-state index in [-0.39, 0.29) is 5.76 Å². The third-order valence-corrected chi connectivity index (χ3v) is 3.74. The monoisotopic (exact) mass is 380 g/mol. The van der Waals surface area contributed by atoms with Gasteiger partial charge in [-0.05, 0) is 36.4 Å². The Morgan fingerprint density at radius 1 is 1.11 bits per heavy atom. The van der Waals surface area contributed by atoms with Crippen molar-refractivity contribution in [1.29, 1.82) is 0 Å². The van der Waals surface area contributed by atoms with Gasteiger partial charge in [0.2, 0.25) is 0 Å². The van der Waals surface area contributed by atoms with Crippen molar-refractivity contribution in [2.45, 2.75) is 6.18 Å². The molecule has 3 rings (SSSR count). The first-order chi connectivity index (χ1) is 12.7. The second kappa shape index (κ2) is 6.63. The van der Waals surface area contributed by atoms with Crippen LogP contribution >= 0.6 is 0 Å². The van der Waals surface area contributed by atoms with Gasteiger partial charge >= 0.3 is 6.18 Å². The Balaban J connectivity index is 2.10. The van der Waals surface area contributed by atoms with E-state index >= 15 is 0 Å². The number of halogens is 3. The number of benzene rings is 2. The lowest BCUT2D eigenvalue weighted by Crippen LogP contribution is -2.14. The van der Waals surface area contributed by atoms with Crippen LogP contribution in [0.5, 0.6) is 5.75 Å². The summed E-state index contributed by atoms with van der Waals surface area (Å²) in [6.07, 6.45) is -4.76. The van der Waals surface area contributed by atoms with E-state index in [2.05, 4.69) is 0 Å². The van der Waals surface area contributed by atoms with Crippen LogP contribution in [0.25, 0.3) is 17.0 Å². The molecule has 140 valence electrons. The van der Waals surface area contributed by atoms with Gasteiger partial charge in [-0.1, -0.05) is 0 Å². The predicted octanol–water partition coefficient (Wildman–Crippen LogP) is 4.03. The molecule has 0 unspecified atom stereocenters. The van der Waals surface area contributed by atoms with Gasteiger partial charge < -0.3 is 9.26 Å². The van der Waals surface area contributed by atoms with Crippen molar-refractivity contribution < 1.29 is 27.4 Å². The number of nitro groups is 1. The normalized spacial score (nSPS) is 11.4. The van der Waals surface area contributed by atoms with Crippen molar-refractivity contribution >= 4 is 5.69 Å². The standard InChI is InChI=1S/C17H11F3N2O5/c1-26-12-5-2-10(3-6-12)15-9-16(23)21(27-15)13-7-4-11(17(18,19)20)8-14(13)22(24)25/h2-9H,1H3. The topological polar surface area (TPSA) is 87.5 Å². The Morgan fingerprint density at radius 3 is 2.33 bits per heavy atom. The van der Waals surface area contributed by atoms with E-state index in [9.17, 15) is 28.1 Å². The number of hydrogen-bond acceptors (Lipinski definition) is 5. The highest BCUT2D eigenvalue weighted by molar-refractivity contribution is 5.59. The first kappa shape index (κ1) is 18.2. The number of aromatic nitrogens is 1. The first-order valence-corrected chi connectivity index (χ1v) is 7.44. The highest BCUT2D eigenvalue weighted by Crippen LogP contribution is 2.34. The summed E-state index contributed by atoms with van der Waals surface area (Å²) in [5, 5.41) is 11.2. The highest BCUT2D eigenvalue weighted by atomic mass is 19.4. The van der Waals surface area contributed by atoms with E-state index in [4.69, 9.17) is 9.26 Å². The number of alkyl halides is 3. The van der Waals surface area contributed by atoms with Gasteiger partial charge in [-0.2, -0.15) is 13.2 Å². The van der Waals surface area contributed by atoms with Crippen molar-refractivity contribution in [2.24, 2.45) is 0 Å². The summed E-state index contributed by atoms with van der Waals surface area (Å²) >= 11 is 0. The molecule has 7 nitrogen and oxygen atoms in total. The van der Waals surface area contributed by atoms with Crippen molar-refractivity contribution in [2.75, 3.05) is 7.11 Å². The number of methoxy groups -OCH3 is 1. The van der Waals surface area contributed by atoms with Crippen molar-refractivity contribution in [1.82, 2.24) is 4.74 Å². The zero-order chi connectivity index (χ0) is 19.8. The second-order valence-corrected chi connectivity index (χ2v) is 5.42.